The highest BCUT2D eigenvalue weighted by atomic mass is 16.5. The monoisotopic (exact) mass is 242 g/mol. The molecule has 0 spiro atoms. The van der Waals surface area contributed by atoms with Crippen LogP contribution in [0.15, 0.2) is 24.3 Å². The number of aryl methyl sites for hydroxylation is 1. The Balaban J connectivity index is 3.11. The van der Waals surface area contributed by atoms with Gasteiger partial charge in [0.05, 0.1) is 24.7 Å². The number of ether oxygens (including phenoxy) is 1. The molecule has 4 heteroatoms. The number of rotatable bonds is 4. The van der Waals surface area contributed by atoms with Crippen molar-refractivity contribution in [1.29, 1.82) is 10.5 Å². The largest absolute Gasteiger partial charge is 0.465 e. The Morgan fingerprint density at radius 2 is 2.00 bits per heavy atom. The molecule has 0 saturated carbocycles. The second kappa shape index (κ2) is 6.42. The van der Waals surface area contributed by atoms with Gasteiger partial charge in [-0.2, -0.15) is 10.5 Å². The summed E-state index contributed by atoms with van der Waals surface area (Å²) in [5.41, 5.74) is 1.58. The SMILES string of the molecule is CCOC(=O)C(C#N)C(C#N)c1ccccc1C. The van der Waals surface area contributed by atoms with E-state index in [4.69, 9.17) is 10.00 Å². The Bertz CT molecular complexity index is 511. The van der Waals surface area contributed by atoms with E-state index in [0.717, 1.165) is 5.56 Å². The van der Waals surface area contributed by atoms with Crippen molar-refractivity contribution in [3.05, 3.63) is 35.4 Å². The van der Waals surface area contributed by atoms with Gasteiger partial charge in [0, 0.05) is 0 Å². The van der Waals surface area contributed by atoms with Crippen LogP contribution < -0.4 is 0 Å². The summed E-state index contributed by atoms with van der Waals surface area (Å²) in [5.74, 6) is -2.53. The molecule has 0 radical (unpaired) electrons. The fourth-order valence-corrected chi connectivity index (χ4v) is 1.75. The molecule has 18 heavy (non-hydrogen) atoms. The lowest BCUT2D eigenvalue weighted by molar-refractivity contribution is -0.146. The molecule has 0 fully saturated rings. The summed E-state index contributed by atoms with van der Waals surface area (Å²) < 4.78 is 4.83. The maximum absolute atomic E-state index is 11.7. The van der Waals surface area contributed by atoms with Crippen molar-refractivity contribution in [3.63, 3.8) is 0 Å². The summed E-state index contributed by atoms with van der Waals surface area (Å²) in [6, 6.07) is 11.1. The first-order valence-electron chi connectivity index (χ1n) is 5.67. The number of hydrogen-bond donors (Lipinski definition) is 0. The van der Waals surface area contributed by atoms with Gasteiger partial charge in [-0.05, 0) is 25.0 Å². The van der Waals surface area contributed by atoms with E-state index in [0.29, 0.717) is 5.56 Å². The third-order valence-electron chi connectivity index (χ3n) is 2.68. The predicted molar refractivity (Wildman–Crippen MR) is 65.3 cm³/mol. The molecule has 4 nitrogen and oxygen atoms in total. The number of carbonyl (C=O) groups excluding carboxylic acids is 1. The summed E-state index contributed by atoms with van der Waals surface area (Å²) in [6.45, 7) is 3.71. The van der Waals surface area contributed by atoms with Crippen LogP contribution in [0, 0.1) is 35.5 Å². The maximum atomic E-state index is 11.7. The molecule has 0 N–H and O–H groups in total. The van der Waals surface area contributed by atoms with Crippen molar-refractivity contribution >= 4 is 5.97 Å². The predicted octanol–water partition coefficient (Wildman–Crippen LogP) is 2.31. The van der Waals surface area contributed by atoms with Crippen LogP contribution in [0.25, 0.3) is 0 Å². The summed E-state index contributed by atoms with van der Waals surface area (Å²) in [5, 5.41) is 18.3. The highest BCUT2D eigenvalue weighted by Crippen LogP contribution is 2.27. The topological polar surface area (TPSA) is 73.9 Å². The third kappa shape index (κ3) is 2.87. The highest BCUT2D eigenvalue weighted by molar-refractivity contribution is 5.77. The molecule has 0 aliphatic heterocycles. The fourth-order valence-electron chi connectivity index (χ4n) is 1.75. The number of nitrogens with zero attached hydrogens (tertiary/aromatic N) is 2. The van der Waals surface area contributed by atoms with Crippen LogP contribution >= 0.6 is 0 Å². The Kier molecular flexibility index (Phi) is 4.90. The van der Waals surface area contributed by atoms with Crippen LogP contribution in [0.2, 0.25) is 0 Å². The van der Waals surface area contributed by atoms with Gasteiger partial charge in [-0.15, -0.1) is 0 Å². The number of hydrogen-bond acceptors (Lipinski definition) is 4. The van der Waals surface area contributed by atoms with Crippen molar-refractivity contribution < 1.29 is 9.53 Å². The van der Waals surface area contributed by atoms with Gasteiger partial charge in [0.25, 0.3) is 0 Å². The molecule has 1 rings (SSSR count). The molecule has 92 valence electrons. The van der Waals surface area contributed by atoms with Gasteiger partial charge in [0.1, 0.15) is 0 Å². The van der Waals surface area contributed by atoms with E-state index in [2.05, 4.69) is 0 Å². The molecular weight excluding hydrogens is 228 g/mol. The van der Waals surface area contributed by atoms with Gasteiger partial charge in [-0.25, -0.2) is 0 Å². The van der Waals surface area contributed by atoms with Crippen LogP contribution in [-0.2, 0) is 9.53 Å². The summed E-state index contributed by atoms with van der Waals surface area (Å²) >= 11 is 0. The van der Waals surface area contributed by atoms with E-state index in [1.807, 2.05) is 31.2 Å². The van der Waals surface area contributed by atoms with Gasteiger partial charge in [-0.1, -0.05) is 24.3 Å². The maximum Gasteiger partial charge on any atom is 0.325 e. The van der Waals surface area contributed by atoms with Crippen LogP contribution in [0.4, 0.5) is 0 Å². The molecule has 2 unspecified atom stereocenters. The van der Waals surface area contributed by atoms with Crippen LogP contribution in [-0.4, -0.2) is 12.6 Å². The van der Waals surface area contributed by atoms with Crippen molar-refractivity contribution in [3.8, 4) is 12.1 Å². The molecule has 1 aromatic carbocycles. The van der Waals surface area contributed by atoms with Crippen molar-refractivity contribution in [2.75, 3.05) is 6.61 Å². The second-order valence-corrected chi connectivity index (χ2v) is 3.82. The zero-order valence-corrected chi connectivity index (χ0v) is 10.4. The molecular formula is C14H14N2O2. The number of carbonyl (C=O) groups is 1. The third-order valence-corrected chi connectivity index (χ3v) is 2.68. The van der Waals surface area contributed by atoms with Crippen LogP contribution in [0.5, 0.6) is 0 Å². The standard InChI is InChI=1S/C14H14N2O2/c1-3-18-14(17)13(9-16)12(8-15)11-7-5-4-6-10(11)2/h4-7,12-13H,3H2,1-2H3. The molecule has 0 amide bonds. The van der Waals surface area contributed by atoms with Gasteiger partial charge >= 0.3 is 5.97 Å². The van der Waals surface area contributed by atoms with Gasteiger partial charge in [-0.3, -0.25) is 4.79 Å². The zero-order chi connectivity index (χ0) is 13.5. The van der Waals surface area contributed by atoms with E-state index >= 15 is 0 Å². The van der Waals surface area contributed by atoms with Crippen molar-refractivity contribution in [2.45, 2.75) is 19.8 Å². The van der Waals surface area contributed by atoms with Gasteiger partial charge in [0.15, 0.2) is 5.92 Å². The quantitative estimate of drug-likeness (QED) is 0.759. The minimum absolute atomic E-state index is 0.197. The van der Waals surface area contributed by atoms with E-state index in [1.165, 1.54) is 0 Å². The smallest absolute Gasteiger partial charge is 0.325 e. The molecule has 0 aromatic heterocycles. The van der Waals surface area contributed by atoms with Crippen molar-refractivity contribution in [2.24, 2.45) is 5.92 Å². The summed E-state index contributed by atoms with van der Waals surface area (Å²) in [4.78, 5) is 11.7. The van der Waals surface area contributed by atoms with Crippen molar-refractivity contribution in [1.82, 2.24) is 0 Å². The molecule has 0 heterocycles. The van der Waals surface area contributed by atoms with E-state index < -0.39 is 17.8 Å². The Morgan fingerprint density at radius 3 is 2.50 bits per heavy atom. The summed E-state index contributed by atoms with van der Waals surface area (Å²) in [7, 11) is 0. The molecule has 1 aromatic rings. The first kappa shape index (κ1) is 13.7. The van der Waals surface area contributed by atoms with Gasteiger partial charge in [0.2, 0.25) is 0 Å². The fraction of sp³-hybridized carbons (Fsp3) is 0.357. The molecule has 0 aliphatic rings. The number of nitriles is 2. The molecule has 2 atom stereocenters. The van der Waals surface area contributed by atoms with E-state index in [-0.39, 0.29) is 6.61 Å². The lowest BCUT2D eigenvalue weighted by atomic mass is 9.86. The highest BCUT2D eigenvalue weighted by Gasteiger charge is 2.31. The number of benzene rings is 1. The molecule has 0 saturated heterocycles. The molecule has 0 aliphatic carbocycles. The molecule has 0 bridgehead atoms. The minimum atomic E-state index is -1.09. The van der Waals surface area contributed by atoms with Gasteiger partial charge < -0.3 is 4.74 Å². The van der Waals surface area contributed by atoms with Crippen LogP contribution in [0.1, 0.15) is 24.0 Å². The lowest BCUT2D eigenvalue weighted by Gasteiger charge is -2.16. The number of esters is 1. The van der Waals surface area contributed by atoms with E-state index in [9.17, 15) is 10.1 Å². The Labute approximate surface area is 106 Å². The zero-order valence-electron chi connectivity index (χ0n) is 10.4. The average molecular weight is 242 g/mol. The first-order chi connectivity index (χ1) is 8.65. The summed E-state index contributed by atoms with van der Waals surface area (Å²) in [6.07, 6.45) is 0. The second-order valence-electron chi connectivity index (χ2n) is 3.82. The lowest BCUT2D eigenvalue weighted by Crippen LogP contribution is -2.23. The Morgan fingerprint density at radius 1 is 1.33 bits per heavy atom. The average Bonchev–Trinajstić information content (AvgIpc) is 2.37. The van der Waals surface area contributed by atoms with Crippen LogP contribution in [0.3, 0.4) is 0 Å². The van der Waals surface area contributed by atoms with E-state index in [1.54, 1.807) is 19.1 Å². The first-order valence-corrected chi connectivity index (χ1v) is 5.67. The Hall–Kier alpha value is -2.33. The normalized spacial score (nSPS) is 12.9. The minimum Gasteiger partial charge on any atom is -0.465 e.